The van der Waals surface area contributed by atoms with E-state index in [9.17, 15) is 5.11 Å². The molecule has 17 heavy (non-hydrogen) atoms. The van der Waals surface area contributed by atoms with E-state index < -0.39 is 0 Å². The summed E-state index contributed by atoms with van der Waals surface area (Å²) < 4.78 is 0. The van der Waals surface area contributed by atoms with Gasteiger partial charge in [-0.3, -0.25) is 0 Å². The molecular weight excluding hydrogens is 210 g/mol. The summed E-state index contributed by atoms with van der Waals surface area (Å²) in [5.41, 5.74) is 5.71. The van der Waals surface area contributed by atoms with Gasteiger partial charge in [0.05, 0.1) is 6.10 Å². The Morgan fingerprint density at radius 2 is 1.71 bits per heavy atom. The number of aliphatic hydroxyl groups excluding tert-OH is 1. The second kappa shape index (κ2) is 7.38. The third-order valence-electron chi connectivity index (χ3n) is 4.54. The van der Waals surface area contributed by atoms with E-state index in [0.29, 0.717) is 11.8 Å². The monoisotopic (exact) mass is 241 g/mol. The molecule has 0 aromatic rings. The molecule has 0 radical (unpaired) electrons. The molecule has 1 saturated carbocycles. The van der Waals surface area contributed by atoms with Crippen molar-refractivity contribution in [1.29, 1.82) is 0 Å². The standard InChI is InChI=1S/C15H31NO/c1-11(2)15(17)12(3)10-14-7-5-4-6-13(14)8-9-16/h11-15,17H,4-10,16H2,1-3H3. The quantitative estimate of drug-likeness (QED) is 0.750. The van der Waals surface area contributed by atoms with Crippen molar-refractivity contribution in [3.63, 3.8) is 0 Å². The molecule has 0 saturated heterocycles. The first-order valence-electron chi connectivity index (χ1n) is 7.44. The molecule has 2 heteroatoms. The van der Waals surface area contributed by atoms with Gasteiger partial charge in [-0.15, -0.1) is 0 Å². The van der Waals surface area contributed by atoms with Gasteiger partial charge in [0.15, 0.2) is 0 Å². The smallest absolute Gasteiger partial charge is 0.0588 e. The highest BCUT2D eigenvalue weighted by Crippen LogP contribution is 2.37. The number of hydrogen-bond acceptors (Lipinski definition) is 2. The van der Waals surface area contributed by atoms with Crippen LogP contribution in [0, 0.1) is 23.7 Å². The lowest BCUT2D eigenvalue weighted by Crippen LogP contribution is -2.30. The normalized spacial score (nSPS) is 29.3. The molecule has 0 aliphatic heterocycles. The van der Waals surface area contributed by atoms with Crippen molar-refractivity contribution in [3.05, 3.63) is 0 Å². The number of nitrogens with two attached hydrogens (primary N) is 1. The molecule has 1 rings (SSSR count). The zero-order valence-corrected chi connectivity index (χ0v) is 11.9. The van der Waals surface area contributed by atoms with Crippen molar-refractivity contribution >= 4 is 0 Å². The molecular formula is C15H31NO. The molecule has 3 N–H and O–H groups in total. The average Bonchev–Trinajstić information content (AvgIpc) is 2.30. The molecule has 4 atom stereocenters. The number of aliphatic hydroxyl groups is 1. The Kier molecular flexibility index (Phi) is 6.50. The van der Waals surface area contributed by atoms with E-state index in [2.05, 4.69) is 20.8 Å². The first-order chi connectivity index (χ1) is 8.06. The van der Waals surface area contributed by atoms with E-state index in [1.165, 1.54) is 38.5 Å². The summed E-state index contributed by atoms with van der Waals surface area (Å²) in [7, 11) is 0. The van der Waals surface area contributed by atoms with Gasteiger partial charge < -0.3 is 10.8 Å². The second-order valence-corrected chi connectivity index (χ2v) is 6.33. The van der Waals surface area contributed by atoms with Crippen molar-refractivity contribution < 1.29 is 5.11 Å². The predicted octanol–water partition coefficient (Wildman–Crippen LogP) is 3.18. The van der Waals surface area contributed by atoms with Crippen molar-refractivity contribution in [1.82, 2.24) is 0 Å². The first-order valence-corrected chi connectivity index (χ1v) is 7.44. The van der Waals surface area contributed by atoms with E-state index in [-0.39, 0.29) is 6.10 Å². The highest BCUT2D eigenvalue weighted by atomic mass is 16.3. The SMILES string of the molecule is CC(C)C(O)C(C)CC1CCCCC1CCN. The largest absolute Gasteiger partial charge is 0.393 e. The molecule has 4 unspecified atom stereocenters. The molecule has 0 amide bonds. The topological polar surface area (TPSA) is 46.2 Å². The van der Waals surface area contributed by atoms with E-state index in [4.69, 9.17) is 5.73 Å². The molecule has 0 aromatic carbocycles. The molecule has 1 aliphatic carbocycles. The fourth-order valence-electron chi connectivity index (χ4n) is 3.46. The molecule has 102 valence electrons. The lowest BCUT2D eigenvalue weighted by atomic mass is 9.72. The summed E-state index contributed by atoms with van der Waals surface area (Å²) in [6.07, 6.45) is 7.67. The van der Waals surface area contributed by atoms with Crippen molar-refractivity contribution in [2.75, 3.05) is 6.54 Å². The molecule has 1 fully saturated rings. The van der Waals surface area contributed by atoms with Gasteiger partial charge in [0, 0.05) is 0 Å². The summed E-state index contributed by atoms with van der Waals surface area (Å²) in [5.74, 6) is 2.42. The van der Waals surface area contributed by atoms with E-state index in [1.807, 2.05) is 0 Å². The maximum Gasteiger partial charge on any atom is 0.0588 e. The van der Waals surface area contributed by atoms with Gasteiger partial charge in [0.1, 0.15) is 0 Å². The van der Waals surface area contributed by atoms with E-state index in [0.717, 1.165) is 18.4 Å². The summed E-state index contributed by atoms with van der Waals surface area (Å²) in [6, 6.07) is 0. The first kappa shape index (κ1) is 15.0. The van der Waals surface area contributed by atoms with Gasteiger partial charge in [0.25, 0.3) is 0 Å². The minimum Gasteiger partial charge on any atom is -0.393 e. The van der Waals surface area contributed by atoms with Crippen LogP contribution in [0.25, 0.3) is 0 Å². The van der Waals surface area contributed by atoms with E-state index >= 15 is 0 Å². The summed E-state index contributed by atoms with van der Waals surface area (Å²) >= 11 is 0. The van der Waals surface area contributed by atoms with Gasteiger partial charge in [0.2, 0.25) is 0 Å². The second-order valence-electron chi connectivity index (χ2n) is 6.33. The lowest BCUT2D eigenvalue weighted by Gasteiger charge is -2.35. The average molecular weight is 241 g/mol. The minimum absolute atomic E-state index is 0.143. The Balaban J connectivity index is 2.46. The molecule has 0 bridgehead atoms. The van der Waals surface area contributed by atoms with Crippen LogP contribution in [0.15, 0.2) is 0 Å². The van der Waals surface area contributed by atoms with Crippen LogP contribution >= 0.6 is 0 Å². The van der Waals surface area contributed by atoms with Crippen LogP contribution in [0.3, 0.4) is 0 Å². The van der Waals surface area contributed by atoms with Crippen LogP contribution in [-0.2, 0) is 0 Å². The van der Waals surface area contributed by atoms with Crippen molar-refractivity contribution in [2.24, 2.45) is 29.4 Å². The van der Waals surface area contributed by atoms with Gasteiger partial charge >= 0.3 is 0 Å². The molecule has 2 nitrogen and oxygen atoms in total. The van der Waals surface area contributed by atoms with Crippen LogP contribution in [-0.4, -0.2) is 17.8 Å². The molecule has 0 spiro atoms. The van der Waals surface area contributed by atoms with Crippen LogP contribution in [0.4, 0.5) is 0 Å². The molecule has 0 aromatic heterocycles. The van der Waals surface area contributed by atoms with Crippen molar-refractivity contribution in [3.8, 4) is 0 Å². The lowest BCUT2D eigenvalue weighted by molar-refractivity contribution is 0.0487. The van der Waals surface area contributed by atoms with Gasteiger partial charge in [-0.05, 0) is 43.1 Å². The highest BCUT2D eigenvalue weighted by Gasteiger charge is 2.28. The predicted molar refractivity (Wildman–Crippen MR) is 73.7 cm³/mol. The maximum atomic E-state index is 10.1. The number of hydrogen-bond donors (Lipinski definition) is 2. The maximum absolute atomic E-state index is 10.1. The fourth-order valence-corrected chi connectivity index (χ4v) is 3.46. The van der Waals surface area contributed by atoms with Gasteiger partial charge in [-0.1, -0.05) is 46.5 Å². The Morgan fingerprint density at radius 1 is 1.12 bits per heavy atom. The third-order valence-corrected chi connectivity index (χ3v) is 4.54. The van der Waals surface area contributed by atoms with Gasteiger partial charge in [-0.2, -0.15) is 0 Å². The molecule has 0 heterocycles. The Labute approximate surface area is 107 Å². The zero-order chi connectivity index (χ0) is 12.8. The summed E-state index contributed by atoms with van der Waals surface area (Å²) in [4.78, 5) is 0. The Bertz CT molecular complexity index is 203. The summed E-state index contributed by atoms with van der Waals surface area (Å²) in [5, 5.41) is 10.1. The van der Waals surface area contributed by atoms with Crippen LogP contribution in [0.5, 0.6) is 0 Å². The van der Waals surface area contributed by atoms with Crippen molar-refractivity contribution in [2.45, 2.75) is 65.4 Å². The van der Waals surface area contributed by atoms with Crippen LogP contribution in [0.2, 0.25) is 0 Å². The van der Waals surface area contributed by atoms with Crippen LogP contribution < -0.4 is 5.73 Å². The van der Waals surface area contributed by atoms with Crippen LogP contribution in [0.1, 0.15) is 59.3 Å². The molecule has 1 aliphatic rings. The summed E-state index contributed by atoms with van der Waals surface area (Å²) in [6.45, 7) is 7.25. The van der Waals surface area contributed by atoms with E-state index in [1.54, 1.807) is 0 Å². The van der Waals surface area contributed by atoms with Gasteiger partial charge in [-0.25, -0.2) is 0 Å². The Morgan fingerprint density at radius 3 is 2.24 bits per heavy atom. The fraction of sp³-hybridized carbons (Fsp3) is 1.00. The number of rotatable bonds is 6. The third kappa shape index (κ3) is 4.59. The highest BCUT2D eigenvalue weighted by molar-refractivity contribution is 4.80. The Hall–Kier alpha value is -0.0800. The minimum atomic E-state index is -0.143. The zero-order valence-electron chi connectivity index (χ0n) is 11.9.